The quantitative estimate of drug-likeness (QED) is 0.501. The number of thioether (sulfide) groups is 1. The molecule has 0 fully saturated rings. The molecular formula is C17H13ClN2O4S. The van der Waals surface area contributed by atoms with E-state index in [9.17, 15) is 9.59 Å². The van der Waals surface area contributed by atoms with Crippen molar-refractivity contribution in [3.8, 4) is 5.75 Å². The molecule has 8 heteroatoms. The number of rotatable bonds is 5. The number of hydrogen-bond donors (Lipinski definition) is 0. The molecule has 0 N–H and O–H groups in total. The van der Waals surface area contributed by atoms with E-state index in [1.807, 2.05) is 17.8 Å². The maximum atomic E-state index is 12.1. The van der Waals surface area contributed by atoms with Crippen molar-refractivity contribution in [2.45, 2.75) is 10.9 Å². The van der Waals surface area contributed by atoms with Crippen molar-refractivity contribution in [3.63, 3.8) is 0 Å². The van der Waals surface area contributed by atoms with Crippen molar-refractivity contribution in [1.29, 1.82) is 0 Å². The largest absolute Gasteiger partial charge is 0.464 e. The van der Waals surface area contributed by atoms with Crippen molar-refractivity contribution in [1.82, 2.24) is 9.55 Å². The molecule has 3 rings (SSSR count). The molecular weight excluding hydrogens is 364 g/mol. The highest BCUT2D eigenvalue weighted by Crippen LogP contribution is 2.20. The van der Waals surface area contributed by atoms with Crippen LogP contribution >= 0.6 is 23.4 Å². The Morgan fingerprint density at radius 1 is 1.36 bits per heavy atom. The molecule has 0 saturated heterocycles. The van der Waals surface area contributed by atoms with E-state index in [1.54, 1.807) is 18.3 Å². The van der Waals surface area contributed by atoms with Gasteiger partial charge in [0.15, 0.2) is 5.16 Å². The van der Waals surface area contributed by atoms with Gasteiger partial charge in [-0.2, -0.15) is 0 Å². The smallest absolute Gasteiger partial charge is 0.343 e. The highest BCUT2D eigenvalue weighted by molar-refractivity contribution is 7.98. The Hall–Kier alpha value is -2.51. The highest BCUT2D eigenvalue weighted by Gasteiger charge is 2.13. The van der Waals surface area contributed by atoms with Crippen LogP contribution in [0.15, 0.2) is 63.4 Å². The number of hydrogen-bond acceptors (Lipinski definition) is 6. The first kappa shape index (κ1) is 17.3. The van der Waals surface area contributed by atoms with Crippen LogP contribution in [0, 0.1) is 0 Å². The van der Waals surface area contributed by atoms with Gasteiger partial charge in [-0.05, 0) is 24.3 Å². The average molecular weight is 377 g/mol. The molecule has 2 aromatic heterocycles. The van der Waals surface area contributed by atoms with Crippen LogP contribution in [0.2, 0.25) is 5.02 Å². The normalized spacial score (nSPS) is 10.6. The molecule has 0 atom stereocenters. The third kappa shape index (κ3) is 4.32. The Morgan fingerprint density at radius 3 is 2.76 bits per heavy atom. The lowest BCUT2D eigenvalue weighted by molar-refractivity contribution is 0.0729. The minimum atomic E-state index is -0.654. The first-order valence-corrected chi connectivity index (χ1v) is 8.59. The van der Waals surface area contributed by atoms with Crippen LogP contribution in [0.1, 0.15) is 16.1 Å². The molecule has 6 nitrogen and oxygen atoms in total. The number of ether oxygens (including phenoxy) is 1. The van der Waals surface area contributed by atoms with Crippen molar-refractivity contribution < 1.29 is 13.9 Å². The molecule has 0 radical (unpaired) electrons. The van der Waals surface area contributed by atoms with Crippen LogP contribution < -0.4 is 10.2 Å². The zero-order chi connectivity index (χ0) is 17.8. The summed E-state index contributed by atoms with van der Waals surface area (Å²) in [4.78, 5) is 28.3. The molecule has 0 amide bonds. The van der Waals surface area contributed by atoms with Gasteiger partial charge in [0.2, 0.25) is 11.2 Å². The summed E-state index contributed by atoms with van der Waals surface area (Å²) < 4.78 is 12.3. The van der Waals surface area contributed by atoms with E-state index >= 15 is 0 Å². The maximum absolute atomic E-state index is 12.1. The Kier molecular flexibility index (Phi) is 5.25. The van der Waals surface area contributed by atoms with Gasteiger partial charge >= 0.3 is 5.97 Å². The van der Waals surface area contributed by atoms with Crippen molar-refractivity contribution in [2.24, 2.45) is 7.05 Å². The third-order valence-electron chi connectivity index (χ3n) is 3.26. The zero-order valence-electron chi connectivity index (χ0n) is 13.1. The minimum Gasteiger partial charge on any atom is -0.464 e. The Balaban J connectivity index is 1.67. The van der Waals surface area contributed by atoms with Gasteiger partial charge in [0.25, 0.3) is 0 Å². The van der Waals surface area contributed by atoms with Gasteiger partial charge in [0.05, 0.1) is 11.3 Å². The first-order chi connectivity index (χ1) is 12.0. The second kappa shape index (κ2) is 7.58. The van der Waals surface area contributed by atoms with Crippen LogP contribution in [0.5, 0.6) is 5.75 Å². The molecule has 0 aliphatic rings. The average Bonchev–Trinajstić information content (AvgIpc) is 3.01. The van der Waals surface area contributed by atoms with E-state index in [2.05, 4.69) is 4.98 Å². The Bertz CT molecular complexity index is 950. The number of nitrogens with zero attached hydrogens (tertiary/aromatic N) is 2. The fraction of sp³-hybridized carbons (Fsp3) is 0.118. The summed E-state index contributed by atoms with van der Waals surface area (Å²) in [5, 5.41) is 1.31. The van der Waals surface area contributed by atoms with E-state index in [4.69, 9.17) is 20.8 Å². The molecule has 0 saturated carbocycles. The number of carbonyl (C=O) groups is 1. The van der Waals surface area contributed by atoms with Gasteiger partial charge < -0.3 is 13.7 Å². The number of benzene rings is 1. The van der Waals surface area contributed by atoms with E-state index < -0.39 is 11.4 Å². The summed E-state index contributed by atoms with van der Waals surface area (Å²) in [5.74, 6) is 0.0833. The number of carbonyl (C=O) groups excluding carboxylic acids is 1. The van der Waals surface area contributed by atoms with E-state index in [0.717, 1.165) is 11.4 Å². The van der Waals surface area contributed by atoms with Gasteiger partial charge in [0, 0.05) is 30.5 Å². The van der Waals surface area contributed by atoms with Gasteiger partial charge in [0.1, 0.15) is 12.0 Å². The van der Waals surface area contributed by atoms with Gasteiger partial charge in [-0.3, -0.25) is 4.79 Å². The van der Waals surface area contributed by atoms with E-state index in [1.165, 1.54) is 30.0 Å². The van der Waals surface area contributed by atoms with E-state index in [0.29, 0.717) is 22.1 Å². The monoisotopic (exact) mass is 376 g/mol. The van der Waals surface area contributed by atoms with Crippen LogP contribution in [0.25, 0.3) is 0 Å². The second-order valence-corrected chi connectivity index (χ2v) is 6.46. The van der Waals surface area contributed by atoms with Crippen LogP contribution in [0.4, 0.5) is 0 Å². The number of aryl methyl sites for hydroxylation is 1. The predicted molar refractivity (Wildman–Crippen MR) is 94.2 cm³/mol. The molecule has 25 heavy (non-hydrogen) atoms. The van der Waals surface area contributed by atoms with Gasteiger partial charge in [-0.25, -0.2) is 9.78 Å². The molecule has 1 aromatic carbocycles. The van der Waals surface area contributed by atoms with Crippen molar-refractivity contribution >= 4 is 29.3 Å². The second-order valence-electron chi connectivity index (χ2n) is 5.08. The van der Waals surface area contributed by atoms with Gasteiger partial charge in [-0.15, -0.1) is 0 Å². The van der Waals surface area contributed by atoms with Crippen molar-refractivity contribution in [3.05, 3.63) is 75.6 Å². The summed E-state index contributed by atoms with van der Waals surface area (Å²) in [5.41, 5.74) is -0.137. The van der Waals surface area contributed by atoms with Crippen LogP contribution in [0.3, 0.4) is 0 Å². The molecule has 2 heterocycles. The third-order valence-corrected chi connectivity index (χ3v) is 4.59. The Morgan fingerprint density at radius 2 is 2.12 bits per heavy atom. The molecule has 0 spiro atoms. The SMILES string of the molecule is Cn1ccnc1SCc1cc(=O)c(OC(=O)c2ccc(Cl)cc2)co1. The topological polar surface area (TPSA) is 74.3 Å². The lowest BCUT2D eigenvalue weighted by Gasteiger charge is -2.05. The molecule has 0 aliphatic heterocycles. The summed E-state index contributed by atoms with van der Waals surface area (Å²) in [6.07, 6.45) is 4.67. The number of halogens is 1. The van der Waals surface area contributed by atoms with Gasteiger partial charge in [-0.1, -0.05) is 23.4 Å². The Labute approximate surface area is 152 Å². The summed E-state index contributed by atoms with van der Waals surface area (Å²) in [6.45, 7) is 0. The van der Waals surface area contributed by atoms with Crippen LogP contribution in [-0.4, -0.2) is 15.5 Å². The molecule has 0 bridgehead atoms. The fourth-order valence-electron chi connectivity index (χ4n) is 1.96. The number of imidazole rings is 1. The van der Waals surface area contributed by atoms with Crippen molar-refractivity contribution in [2.75, 3.05) is 0 Å². The molecule has 3 aromatic rings. The lowest BCUT2D eigenvalue weighted by Crippen LogP contribution is -2.14. The van der Waals surface area contributed by atoms with Crippen LogP contribution in [-0.2, 0) is 12.8 Å². The predicted octanol–water partition coefficient (Wildman–Crippen LogP) is 3.54. The summed E-state index contributed by atoms with van der Waals surface area (Å²) in [6, 6.07) is 7.48. The lowest BCUT2D eigenvalue weighted by atomic mass is 10.2. The standard InChI is InChI=1S/C17H13ClN2O4S/c1-20-7-6-19-17(20)25-10-13-8-14(21)15(9-23-13)24-16(22)11-2-4-12(18)5-3-11/h2-9H,10H2,1H3. The number of aromatic nitrogens is 2. The highest BCUT2D eigenvalue weighted by atomic mass is 35.5. The summed E-state index contributed by atoms with van der Waals surface area (Å²) in [7, 11) is 1.88. The maximum Gasteiger partial charge on any atom is 0.343 e. The molecule has 0 aliphatic carbocycles. The van der Waals surface area contributed by atoms with E-state index in [-0.39, 0.29) is 5.75 Å². The zero-order valence-corrected chi connectivity index (χ0v) is 14.7. The minimum absolute atomic E-state index is 0.161. The molecule has 0 unspecified atom stereocenters. The fourth-order valence-corrected chi connectivity index (χ4v) is 2.91. The summed E-state index contributed by atoms with van der Waals surface area (Å²) >= 11 is 7.20. The first-order valence-electron chi connectivity index (χ1n) is 7.22. The molecule has 128 valence electrons. The number of esters is 1.